The minimum Gasteiger partial charge on any atom is -0.249 e. The summed E-state index contributed by atoms with van der Waals surface area (Å²) in [5, 5.41) is 0. The number of nitrogens with zero attached hydrogens (tertiary/aromatic N) is 2. The van der Waals surface area contributed by atoms with Crippen molar-refractivity contribution in [3.05, 3.63) is 41.7 Å². The van der Waals surface area contributed by atoms with Crippen molar-refractivity contribution in [1.29, 1.82) is 0 Å². The second-order valence-electron chi connectivity index (χ2n) is 3.15. The molecule has 0 amide bonds. The lowest BCUT2D eigenvalue weighted by atomic mass is 10.2. The van der Waals surface area contributed by atoms with Crippen molar-refractivity contribution < 1.29 is 0 Å². The van der Waals surface area contributed by atoms with Gasteiger partial charge in [-0.1, -0.05) is 18.2 Å². The molecule has 0 fully saturated rings. The zero-order valence-electron chi connectivity index (χ0n) is 7.07. The van der Waals surface area contributed by atoms with E-state index >= 15 is 0 Å². The molecule has 0 N–H and O–H groups in total. The third kappa shape index (κ3) is 0.952. The number of hydrogen-bond donors (Lipinski definition) is 0. The molecule has 2 heteroatoms. The average molecular weight is 168 g/mol. The summed E-state index contributed by atoms with van der Waals surface area (Å²) in [6.07, 6.45) is 5.06. The number of benzene rings is 1. The molecule has 0 aliphatic heterocycles. The number of para-hydroxylation sites is 2. The molecule has 0 radical (unpaired) electrons. The van der Waals surface area contributed by atoms with E-state index in [0.717, 1.165) is 28.8 Å². The quantitative estimate of drug-likeness (QED) is 0.602. The van der Waals surface area contributed by atoms with Gasteiger partial charge in [-0.3, -0.25) is 0 Å². The Morgan fingerprint density at radius 1 is 1.00 bits per heavy atom. The second-order valence-corrected chi connectivity index (χ2v) is 3.15. The van der Waals surface area contributed by atoms with Gasteiger partial charge >= 0.3 is 0 Å². The van der Waals surface area contributed by atoms with Gasteiger partial charge in [0, 0.05) is 6.42 Å². The number of allylic oxidation sites excluding steroid dienone is 1. The van der Waals surface area contributed by atoms with Crippen molar-refractivity contribution in [3.63, 3.8) is 0 Å². The Hall–Kier alpha value is -1.70. The van der Waals surface area contributed by atoms with Crippen molar-refractivity contribution in [2.75, 3.05) is 0 Å². The van der Waals surface area contributed by atoms with Crippen LogP contribution in [0, 0.1) is 0 Å². The largest absolute Gasteiger partial charge is 0.249 e. The molecule has 1 aliphatic rings. The Kier molecular flexibility index (Phi) is 1.25. The Morgan fingerprint density at radius 2 is 1.77 bits per heavy atom. The minimum atomic E-state index is 0.924. The van der Waals surface area contributed by atoms with Gasteiger partial charge in [0.15, 0.2) is 0 Å². The topological polar surface area (TPSA) is 25.8 Å². The molecular formula is C11H8N2. The third-order valence-corrected chi connectivity index (χ3v) is 2.26. The van der Waals surface area contributed by atoms with Crippen LogP contribution in [0.15, 0.2) is 30.3 Å². The lowest BCUT2D eigenvalue weighted by Crippen LogP contribution is -1.92. The van der Waals surface area contributed by atoms with Gasteiger partial charge in [-0.25, -0.2) is 9.97 Å². The van der Waals surface area contributed by atoms with Crippen molar-refractivity contribution in [2.45, 2.75) is 6.42 Å². The summed E-state index contributed by atoms with van der Waals surface area (Å²) in [6, 6.07) is 7.98. The van der Waals surface area contributed by atoms with Gasteiger partial charge in [-0.15, -0.1) is 0 Å². The molecule has 62 valence electrons. The van der Waals surface area contributed by atoms with Gasteiger partial charge < -0.3 is 0 Å². The van der Waals surface area contributed by atoms with Crippen LogP contribution >= 0.6 is 0 Å². The van der Waals surface area contributed by atoms with E-state index in [4.69, 9.17) is 0 Å². The monoisotopic (exact) mass is 168 g/mol. The van der Waals surface area contributed by atoms with Crippen molar-refractivity contribution >= 4 is 17.1 Å². The fraction of sp³-hybridized carbons (Fsp3) is 0.0909. The summed E-state index contributed by atoms with van der Waals surface area (Å²) in [7, 11) is 0. The van der Waals surface area contributed by atoms with Gasteiger partial charge in [0.05, 0.1) is 22.4 Å². The molecule has 0 saturated carbocycles. The highest BCUT2D eigenvalue weighted by molar-refractivity contribution is 5.76. The van der Waals surface area contributed by atoms with Crippen molar-refractivity contribution in [1.82, 2.24) is 9.97 Å². The molecule has 1 aromatic heterocycles. The van der Waals surface area contributed by atoms with Gasteiger partial charge in [0.2, 0.25) is 0 Å². The fourth-order valence-electron chi connectivity index (χ4n) is 1.62. The summed E-state index contributed by atoms with van der Waals surface area (Å²) in [5.74, 6) is 0. The first-order chi connectivity index (χ1) is 6.43. The fourth-order valence-corrected chi connectivity index (χ4v) is 1.62. The van der Waals surface area contributed by atoms with Crippen LogP contribution in [-0.2, 0) is 6.42 Å². The Morgan fingerprint density at radius 3 is 2.62 bits per heavy atom. The number of rotatable bonds is 0. The number of hydrogen-bond acceptors (Lipinski definition) is 2. The molecule has 1 heterocycles. The lowest BCUT2D eigenvalue weighted by molar-refractivity contribution is 1.12. The summed E-state index contributed by atoms with van der Waals surface area (Å²) in [5.41, 5.74) is 4.09. The Bertz CT molecular complexity index is 500. The van der Waals surface area contributed by atoms with E-state index < -0.39 is 0 Å². The molecule has 1 aliphatic carbocycles. The van der Waals surface area contributed by atoms with Gasteiger partial charge in [0.1, 0.15) is 0 Å². The first kappa shape index (κ1) is 6.78. The first-order valence-corrected chi connectivity index (χ1v) is 4.36. The van der Waals surface area contributed by atoms with E-state index in [1.54, 1.807) is 0 Å². The molecule has 0 bridgehead atoms. The Balaban J connectivity index is 2.40. The predicted octanol–water partition coefficient (Wildman–Crippen LogP) is 2.20. The van der Waals surface area contributed by atoms with Crippen LogP contribution < -0.4 is 0 Å². The molecule has 2 nitrogen and oxygen atoms in total. The minimum absolute atomic E-state index is 0.924. The maximum absolute atomic E-state index is 4.53. The van der Waals surface area contributed by atoms with E-state index in [2.05, 4.69) is 16.0 Å². The smallest absolute Gasteiger partial charge is 0.0894 e. The molecule has 0 saturated heterocycles. The number of aromatic nitrogens is 2. The van der Waals surface area contributed by atoms with E-state index in [-0.39, 0.29) is 0 Å². The van der Waals surface area contributed by atoms with Crippen LogP contribution in [0.1, 0.15) is 11.4 Å². The van der Waals surface area contributed by atoms with Crippen LogP contribution in [0.3, 0.4) is 0 Å². The lowest BCUT2D eigenvalue weighted by Gasteiger charge is -2.00. The van der Waals surface area contributed by atoms with E-state index in [1.165, 1.54) is 0 Å². The molecule has 13 heavy (non-hydrogen) atoms. The summed E-state index contributed by atoms with van der Waals surface area (Å²) in [6.45, 7) is 0. The zero-order valence-corrected chi connectivity index (χ0v) is 7.07. The van der Waals surface area contributed by atoms with E-state index in [1.807, 2.05) is 30.3 Å². The van der Waals surface area contributed by atoms with Crippen LogP contribution in [0.2, 0.25) is 0 Å². The molecule has 3 rings (SSSR count). The molecule has 0 spiro atoms. The highest BCUT2D eigenvalue weighted by atomic mass is 14.8. The molecular weight excluding hydrogens is 160 g/mol. The summed E-state index contributed by atoms with van der Waals surface area (Å²) >= 11 is 0. The average Bonchev–Trinajstić information content (AvgIpc) is 2.61. The maximum atomic E-state index is 4.53. The van der Waals surface area contributed by atoms with Crippen molar-refractivity contribution in [2.24, 2.45) is 0 Å². The normalized spacial score (nSPS) is 13.5. The molecule has 0 unspecified atom stereocenters. The maximum Gasteiger partial charge on any atom is 0.0894 e. The standard InChI is InChI=1S/C11H8N2/c1-2-5-9-8(4-1)12-10-6-3-7-11(10)13-9/h1-6H,7H2. The summed E-state index contributed by atoms with van der Waals surface area (Å²) in [4.78, 5) is 9.04. The zero-order chi connectivity index (χ0) is 8.67. The van der Waals surface area contributed by atoms with Crippen LogP contribution in [0.4, 0.5) is 0 Å². The molecule has 0 atom stereocenters. The van der Waals surface area contributed by atoms with Gasteiger partial charge in [-0.2, -0.15) is 0 Å². The molecule has 1 aromatic carbocycles. The van der Waals surface area contributed by atoms with Crippen LogP contribution in [0.5, 0.6) is 0 Å². The summed E-state index contributed by atoms with van der Waals surface area (Å²) < 4.78 is 0. The van der Waals surface area contributed by atoms with Crippen LogP contribution in [0.25, 0.3) is 17.1 Å². The molecule has 2 aromatic rings. The highest BCUT2D eigenvalue weighted by Crippen LogP contribution is 2.18. The van der Waals surface area contributed by atoms with E-state index in [9.17, 15) is 0 Å². The Labute approximate surface area is 76.0 Å². The van der Waals surface area contributed by atoms with Crippen LogP contribution in [-0.4, -0.2) is 9.97 Å². The van der Waals surface area contributed by atoms with E-state index in [0.29, 0.717) is 0 Å². The van der Waals surface area contributed by atoms with Gasteiger partial charge in [0.25, 0.3) is 0 Å². The SMILES string of the molecule is C1=Cc2nc3ccccc3nc2C1. The highest BCUT2D eigenvalue weighted by Gasteiger charge is 2.08. The number of fused-ring (bicyclic) bond motifs is 2. The third-order valence-electron chi connectivity index (χ3n) is 2.26. The van der Waals surface area contributed by atoms with Crippen molar-refractivity contribution in [3.8, 4) is 0 Å². The first-order valence-electron chi connectivity index (χ1n) is 4.36. The second kappa shape index (κ2) is 2.39. The predicted molar refractivity (Wildman–Crippen MR) is 52.3 cm³/mol. The van der Waals surface area contributed by atoms with Gasteiger partial charge in [-0.05, 0) is 18.2 Å².